The number of hydrogen-bond acceptors (Lipinski definition) is 3. The molecule has 0 amide bonds. The van der Waals surface area contributed by atoms with Gasteiger partial charge >= 0.3 is 0 Å². The van der Waals surface area contributed by atoms with Gasteiger partial charge in [0.05, 0.1) is 24.6 Å². The predicted octanol–water partition coefficient (Wildman–Crippen LogP) is 2.04. The maximum atomic E-state index is 5.36. The van der Waals surface area contributed by atoms with Crippen molar-refractivity contribution in [2.75, 3.05) is 6.61 Å². The summed E-state index contributed by atoms with van der Waals surface area (Å²) in [5, 5.41) is 3.45. The molecule has 1 fully saturated rings. The number of hydrogen-bond donors (Lipinski definition) is 1. The van der Waals surface area contributed by atoms with Crippen LogP contribution in [0.25, 0.3) is 0 Å². The minimum Gasteiger partial charge on any atom is -0.371 e. The molecule has 16 heavy (non-hydrogen) atoms. The van der Waals surface area contributed by atoms with Crippen LogP contribution in [-0.4, -0.2) is 17.6 Å². The molecule has 1 heterocycles. The standard InChI is InChI=1S/C13H18N2O/c1-2-8-16-10-13-5-3-4-12(15-13)9-14-11-6-7-11/h2-5,11,14H,1,6-10H2. The summed E-state index contributed by atoms with van der Waals surface area (Å²) in [6.45, 7) is 5.61. The van der Waals surface area contributed by atoms with Crippen molar-refractivity contribution in [2.45, 2.75) is 32.0 Å². The lowest BCUT2D eigenvalue weighted by molar-refractivity contribution is 0.146. The predicted molar refractivity (Wildman–Crippen MR) is 64.0 cm³/mol. The number of ether oxygens (including phenoxy) is 1. The van der Waals surface area contributed by atoms with Gasteiger partial charge in [-0.25, -0.2) is 0 Å². The van der Waals surface area contributed by atoms with Crippen LogP contribution in [-0.2, 0) is 17.9 Å². The van der Waals surface area contributed by atoms with Gasteiger partial charge in [0.15, 0.2) is 0 Å². The van der Waals surface area contributed by atoms with E-state index in [2.05, 4.69) is 16.9 Å². The van der Waals surface area contributed by atoms with Gasteiger partial charge in [0.2, 0.25) is 0 Å². The van der Waals surface area contributed by atoms with Crippen molar-refractivity contribution in [3.63, 3.8) is 0 Å². The molecule has 1 aromatic rings. The molecule has 1 aromatic heterocycles. The van der Waals surface area contributed by atoms with Crippen LogP contribution in [0.1, 0.15) is 24.2 Å². The second-order valence-corrected chi connectivity index (χ2v) is 4.08. The van der Waals surface area contributed by atoms with Crippen molar-refractivity contribution in [3.8, 4) is 0 Å². The molecule has 0 spiro atoms. The third kappa shape index (κ3) is 3.76. The van der Waals surface area contributed by atoms with E-state index in [1.165, 1.54) is 12.8 Å². The minimum atomic E-state index is 0.559. The van der Waals surface area contributed by atoms with Crippen molar-refractivity contribution < 1.29 is 4.74 Å². The van der Waals surface area contributed by atoms with Gasteiger partial charge in [-0.1, -0.05) is 12.1 Å². The van der Waals surface area contributed by atoms with Gasteiger partial charge < -0.3 is 10.1 Å². The van der Waals surface area contributed by atoms with Crippen LogP contribution in [0.3, 0.4) is 0 Å². The summed E-state index contributed by atoms with van der Waals surface area (Å²) in [7, 11) is 0. The van der Waals surface area contributed by atoms with Crippen molar-refractivity contribution in [2.24, 2.45) is 0 Å². The van der Waals surface area contributed by atoms with Crippen molar-refractivity contribution in [1.29, 1.82) is 0 Å². The fourth-order valence-electron chi connectivity index (χ4n) is 1.49. The van der Waals surface area contributed by atoms with E-state index in [0.29, 0.717) is 13.2 Å². The summed E-state index contributed by atoms with van der Waals surface area (Å²) in [5.74, 6) is 0. The Morgan fingerprint density at radius 2 is 2.25 bits per heavy atom. The molecule has 0 aliphatic heterocycles. The van der Waals surface area contributed by atoms with Gasteiger partial charge in [-0.15, -0.1) is 6.58 Å². The third-order valence-corrected chi connectivity index (χ3v) is 2.50. The Bertz CT molecular complexity index is 348. The molecule has 0 atom stereocenters. The van der Waals surface area contributed by atoms with E-state index in [-0.39, 0.29) is 0 Å². The van der Waals surface area contributed by atoms with E-state index in [1.807, 2.05) is 18.2 Å². The smallest absolute Gasteiger partial charge is 0.0892 e. The first-order chi connectivity index (χ1) is 7.88. The van der Waals surface area contributed by atoms with Crippen molar-refractivity contribution in [3.05, 3.63) is 42.2 Å². The molecule has 1 aliphatic rings. The van der Waals surface area contributed by atoms with E-state index in [4.69, 9.17) is 4.74 Å². The first kappa shape index (κ1) is 11.3. The lowest BCUT2D eigenvalue weighted by atomic mass is 10.3. The van der Waals surface area contributed by atoms with Crippen LogP contribution in [0.15, 0.2) is 30.9 Å². The molecule has 1 saturated carbocycles. The van der Waals surface area contributed by atoms with Gasteiger partial charge in [0.1, 0.15) is 0 Å². The monoisotopic (exact) mass is 218 g/mol. The molecule has 0 bridgehead atoms. The maximum absolute atomic E-state index is 5.36. The molecule has 0 aromatic carbocycles. The van der Waals surface area contributed by atoms with E-state index >= 15 is 0 Å². The summed E-state index contributed by atoms with van der Waals surface area (Å²) in [6.07, 6.45) is 4.36. The minimum absolute atomic E-state index is 0.559. The van der Waals surface area contributed by atoms with Gasteiger partial charge in [-0.2, -0.15) is 0 Å². The number of nitrogens with one attached hydrogen (secondary N) is 1. The average molecular weight is 218 g/mol. The number of rotatable bonds is 7. The SMILES string of the molecule is C=CCOCc1cccc(CNC2CC2)n1. The summed E-state index contributed by atoms with van der Waals surface area (Å²) < 4.78 is 5.36. The first-order valence-electron chi connectivity index (χ1n) is 5.75. The highest BCUT2D eigenvalue weighted by Gasteiger charge is 2.20. The normalized spacial score (nSPS) is 15.0. The lowest BCUT2D eigenvalue weighted by Gasteiger charge is -2.05. The number of aromatic nitrogens is 1. The van der Waals surface area contributed by atoms with Crippen LogP contribution >= 0.6 is 0 Å². The fraction of sp³-hybridized carbons (Fsp3) is 0.462. The summed E-state index contributed by atoms with van der Waals surface area (Å²) in [4.78, 5) is 4.52. The molecule has 3 heteroatoms. The van der Waals surface area contributed by atoms with Crippen LogP contribution in [0.5, 0.6) is 0 Å². The quantitative estimate of drug-likeness (QED) is 0.561. The van der Waals surface area contributed by atoms with Crippen molar-refractivity contribution in [1.82, 2.24) is 10.3 Å². The fourth-order valence-corrected chi connectivity index (χ4v) is 1.49. The molecular formula is C13H18N2O. The van der Waals surface area contributed by atoms with Gasteiger partial charge in [-0.05, 0) is 25.0 Å². The van der Waals surface area contributed by atoms with Gasteiger partial charge in [-0.3, -0.25) is 4.98 Å². The zero-order valence-electron chi connectivity index (χ0n) is 9.48. The average Bonchev–Trinajstić information content (AvgIpc) is 3.11. The Hall–Kier alpha value is -1.19. The topological polar surface area (TPSA) is 34.1 Å². The molecule has 0 radical (unpaired) electrons. The zero-order chi connectivity index (χ0) is 11.2. The molecule has 1 aliphatic carbocycles. The Morgan fingerprint density at radius 1 is 1.44 bits per heavy atom. The third-order valence-electron chi connectivity index (χ3n) is 2.50. The molecule has 86 valence electrons. The van der Waals surface area contributed by atoms with Crippen LogP contribution in [0.4, 0.5) is 0 Å². The Balaban J connectivity index is 1.82. The van der Waals surface area contributed by atoms with Crippen LogP contribution in [0.2, 0.25) is 0 Å². The number of pyridine rings is 1. The highest BCUT2D eigenvalue weighted by Crippen LogP contribution is 2.19. The molecule has 1 N–H and O–H groups in total. The highest BCUT2D eigenvalue weighted by atomic mass is 16.5. The van der Waals surface area contributed by atoms with E-state index < -0.39 is 0 Å². The van der Waals surface area contributed by atoms with E-state index in [0.717, 1.165) is 24.0 Å². The molecule has 3 nitrogen and oxygen atoms in total. The lowest BCUT2D eigenvalue weighted by Crippen LogP contribution is -2.16. The van der Waals surface area contributed by atoms with E-state index in [9.17, 15) is 0 Å². The summed E-state index contributed by atoms with van der Waals surface area (Å²) in [6, 6.07) is 6.79. The molecule has 0 unspecified atom stereocenters. The zero-order valence-corrected chi connectivity index (χ0v) is 9.48. The second kappa shape index (κ2) is 5.77. The first-order valence-corrected chi connectivity index (χ1v) is 5.75. The Kier molecular flexibility index (Phi) is 4.08. The number of nitrogens with zero attached hydrogens (tertiary/aromatic N) is 1. The molecule has 0 saturated heterocycles. The van der Waals surface area contributed by atoms with Gasteiger partial charge in [0, 0.05) is 12.6 Å². The molecule has 2 rings (SSSR count). The largest absolute Gasteiger partial charge is 0.371 e. The second-order valence-electron chi connectivity index (χ2n) is 4.08. The van der Waals surface area contributed by atoms with E-state index in [1.54, 1.807) is 6.08 Å². The van der Waals surface area contributed by atoms with Gasteiger partial charge in [0.25, 0.3) is 0 Å². The summed E-state index contributed by atoms with van der Waals surface area (Å²) in [5.41, 5.74) is 2.07. The summed E-state index contributed by atoms with van der Waals surface area (Å²) >= 11 is 0. The Morgan fingerprint density at radius 3 is 3.00 bits per heavy atom. The maximum Gasteiger partial charge on any atom is 0.0892 e. The van der Waals surface area contributed by atoms with Crippen LogP contribution < -0.4 is 5.32 Å². The van der Waals surface area contributed by atoms with Crippen LogP contribution in [0, 0.1) is 0 Å². The molecular weight excluding hydrogens is 200 g/mol. The Labute approximate surface area is 96.5 Å². The highest BCUT2D eigenvalue weighted by molar-refractivity contribution is 5.11. The van der Waals surface area contributed by atoms with Crippen molar-refractivity contribution >= 4 is 0 Å².